The molecule has 1 heterocycles. The number of nitrogen functional groups attached to an aromatic ring is 1. The smallest absolute Gasteiger partial charge is 0.259 e. The number of anilines is 2. The van der Waals surface area contributed by atoms with Crippen LogP contribution in [0, 0.1) is 6.92 Å². The van der Waals surface area contributed by atoms with Crippen molar-refractivity contribution >= 4 is 28.3 Å². The maximum atomic E-state index is 12.3. The Labute approximate surface area is 116 Å². The molecule has 3 rings (SSSR count). The summed E-state index contributed by atoms with van der Waals surface area (Å²) in [4.78, 5) is 12.3. The summed E-state index contributed by atoms with van der Waals surface area (Å²) in [5, 5.41) is 3.66. The highest BCUT2D eigenvalue weighted by molar-refractivity contribution is 6.12. The molecule has 4 heteroatoms. The molecule has 3 aromatic rings. The van der Waals surface area contributed by atoms with Crippen LogP contribution in [-0.2, 0) is 0 Å². The van der Waals surface area contributed by atoms with Gasteiger partial charge in [0.15, 0.2) is 0 Å². The first kappa shape index (κ1) is 12.3. The van der Waals surface area contributed by atoms with E-state index in [0.717, 1.165) is 10.9 Å². The lowest BCUT2D eigenvalue weighted by atomic mass is 10.1. The third-order valence-electron chi connectivity index (χ3n) is 3.24. The lowest BCUT2D eigenvalue weighted by Crippen LogP contribution is -2.12. The third-order valence-corrected chi connectivity index (χ3v) is 3.24. The average molecular weight is 266 g/mol. The molecule has 4 nitrogen and oxygen atoms in total. The summed E-state index contributed by atoms with van der Waals surface area (Å²) in [6.07, 6.45) is 1.47. The van der Waals surface area contributed by atoms with Crippen molar-refractivity contribution in [1.82, 2.24) is 0 Å². The lowest BCUT2D eigenvalue weighted by Gasteiger charge is -2.08. The fourth-order valence-corrected chi connectivity index (χ4v) is 2.12. The standard InChI is InChI=1S/C16H14N2O2/c1-10-6-7-11(17)8-14(10)18-16(19)13-9-20-15-5-3-2-4-12(13)15/h2-9H,17H2,1H3,(H,18,19). The molecule has 0 aliphatic heterocycles. The number of hydrogen-bond donors (Lipinski definition) is 2. The van der Waals surface area contributed by atoms with E-state index >= 15 is 0 Å². The van der Waals surface area contributed by atoms with E-state index in [1.165, 1.54) is 6.26 Å². The highest BCUT2D eigenvalue weighted by Gasteiger charge is 2.14. The SMILES string of the molecule is Cc1ccc(N)cc1NC(=O)c1coc2ccccc12. The maximum absolute atomic E-state index is 12.3. The Kier molecular flexibility index (Phi) is 2.91. The van der Waals surface area contributed by atoms with E-state index in [1.807, 2.05) is 37.3 Å². The molecule has 0 aliphatic carbocycles. The van der Waals surface area contributed by atoms with E-state index in [2.05, 4.69) is 5.32 Å². The Morgan fingerprint density at radius 3 is 2.85 bits per heavy atom. The number of benzene rings is 2. The summed E-state index contributed by atoms with van der Waals surface area (Å²) >= 11 is 0. The van der Waals surface area contributed by atoms with Gasteiger partial charge in [0.05, 0.1) is 5.56 Å². The number of fused-ring (bicyclic) bond motifs is 1. The number of carbonyl (C=O) groups excluding carboxylic acids is 1. The molecule has 0 aliphatic rings. The number of furan rings is 1. The molecule has 1 aromatic heterocycles. The number of aryl methyl sites for hydroxylation is 1. The molecule has 0 atom stereocenters. The predicted molar refractivity (Wildman–Crippen MR) is 79.8 cm³/mol. The summed E-state index contributed by atoms with van der Waals surface area (Å²) < 4.78 is 5.38. The molecular formula is C16H14N2O2. The van der Waals surface area contributed by atoms with Gasteiger partial charge < -0.3 is 15.5 Å². The normalized spacial score (nSPS) is 10.7. The summed E-state index contributed by atoms with van der Waals surface area (Å²) in [6.45, 7) is 1.92. The fourth-order valence-electron chi connectivity index (χ4n) is 2.12. The zero-order valence-electron chi connectivity index (χ0n) is 11.0. The summed E-state index contributed by atoms with van der Waals surface area (Å²) in [5.41, 5.74) is 9.24. The van der Waals surface area contributed by atoms with Gasteiger partial charge in [-0.3, -0.25) is 4.79 Å². The van der Waals surface area contributed by atoms with Crippen LogP contribution in [0.25, 0.3) is 11.0 Å². The highest BCUT2D eigenvalue weighted by Crippen LogP contribution is 2.23. The van der Waals surface area contributed by atoms with Gasteiger partial charge in [0.1, 0.15) is 11.8 Å². The van der Waals surface area contributed by atoms with E-state index in [-0.39, 0.29) is 5.91 Å². The largest absolute Gasteiger partial charge is 0.463 e. The molecule has 0 saturated carbocycles. The van der Waals surface area contributed by atoms with Crippen molar-refractivity contribution in [3.8, 4) is 0 Å². The van der Waals surface area contributed by atoms with Crippen molar-refractivity contribution in [1.29, 1.82) is 0 Å². The van der Waals surface area contributed by atoms with Crippen LogP contribution in [0.4, 0.5) is 11.4 Å². The van der Waals surface area contributed by atoms with Crippen molar-refractivity contribution in [2.24, 2.45) is 0 Å². The quantitative estimate of drug-likeness (QED) is 0.697. The van der Waals surface area contributed by atoms with Crippen molar-refractivity contribution in [2.45, 2.75) is 6.92 Å². The lowest BCUT2D eigenvalue weighted by molar-refractivity contribution is 0.102. The number of amides is 1. The monoisotopic (exact) mass is 266 g/mol. The van der Waals surface area contributed by atoms with Crippen LogP contribution in [0.2, 0.25) is 0 Å². The van der Waals surface area contributed by atoms with Gasteiger partial charge in [-0.05, 0) is 30.7 Å². The van der Waals surface area contributed by atoms with Crippen LogP contribution in [0.3, 0.4) is 0 Å². The van der Waals surface area contributed by atoms with Crippen LogP contribution in [0.1, 0.15) is 15.9 Å². The molecule has 0 saturated heterocycles. The molecular weight excluding hydrogens is 252 g/mol. The van der Waals surface area contributed by atoms with Crippen LogP contribution in [0.15, 0.2) is 53.1 Å². The molecule has 100 valence electrons. The van der Waals surface area contributed by atoms with Gasteiger partial charge in [-0.1, -0.05) is 24.3 Å². The number of hydrogen-bond acceptors (Lipinski definition) is 3. The van der Waals surface area contributed by atoms with Crippen molar-refractivity contribution < 1.29 is 9.21 Å². The van der Waals surface area contributed by atoms with E-state index in [4.69, 9.17) is 10.2 Å². The van der Waals surface area contributed by atoms with Gasteiger partial charge in [-0.25, -0.2) is 0 Å². The molecule has 0 radical (unpaired) electrons. The molecule has 2 aromatic carbocycles. The third kappa shape index (κ3) is 2.12. The van der Waals surface area contributed by atoms with Gasteiger partial charge in [-0.15, -0.1) is 0 Å². The Morgan fingerprint density at radius 1 is 1.20 bits per heavy atom. The number of nitrogens with two attached hydrogens (primary N) is 1. The fraction of sp³-hybridized carbons (Fsp3) is 0.0625. The van der Waals surface area contributed by atoms with E-state index in [0.29, 0.717) is 22.5 Å². The van der Waals surface area contributed by atoms with Gasteiger partial charge in [0, 0.05) is 16.8 Å². The second-order valence-corrected chi connectivity index (χ2v) is 4.67. The topological polar surface area (TPSA) is 68.3 Å². The van der Waals surface area contributed by atoms with Crippen LogP contribution in [0.5, 0.6) is 0 Å². The zero-order chi connectivity index (χ0) is 14.1. The minimum atomic E-state index is -0.205. The minimum Gasteiger partial charge on any atom is -0.463 e. The molecule has 0 fully saturated rings. The molecule has 0 unspecified atom stereocenters. The molecule has 3 N–H and O–H groups in total. The maximum Gasteiger partial charge on any atom is 0.259 e. The van der Waals surface area contributed by atoms with Crippen LogP contribution in [-0.4, -0.2) is 5.91 Å². The highest BCUT2D eigenvalue weighted by atomic mass is 16.3. The van der Waals surface area contributed by atoms with Crippen molar-refractivity contribution in [3.05, 3.63) is 59.9 Å². The number of rotatable bonds is 2. The van der Waals surface area contributed by atoms with Crippen molar-refractivity contribution in [3.63, 3.8) is 0 Å². The first-order valence-electron chi connectivity index (χ1n) is 6.29. The molecule has 0 bridgehead atoms. The molecule has 20 heavy (non-hydrogen) atoms. The summed E-state index contributed by atoms with van der Waals surface area (Å²) in [7, 11) is 0. The van der Waals surface area contributed by atoms with E-state index in [9.17, 15) is 4.79 Å². The summed E-state index contributed by atoms with van der Waals surface area (Å²) in [5.74, 6) is -0.205. The van der Waals surface area contributed by atoms with Gasteiger partial charge in [-0.2, -0.15) is 0 Å². The van der Waals surface area contributed by atoms with E-state index in [1.54, 1.807) is 12.1 Å². The Bertz CT molecular complexity index is 790. The van der Waals surface area contributed by atoms with Crippen LogP contribution < -0.4 is 11.1 Å². The number of nitrogens with one attached hydrogen (secondary N) is 1. The van der Waals surface area contributed by atoms with Crippen molar-refractivity contribution in [2.75, 3.05) is 11.1 Å². The predicted octanol–water partition coefficient (Wildman–Crippen LogP) is 3.58. The zero-order valence-corrected chi connectivity index (χ0v) is 11.0. The molecule has 1 amide bonds. The van der Waals surface area contributed by atoms with Gasteiger partial charge >= 0.3 is 0 Å². The first-order chi connectivity index (χ1) is 9.65. The number of para-hydroxylation sites is 1. The average Bonchev–Trinajstić information content (AvgIpc) is 2.87. The second kappa shape index (κ2) is 4.74. The van der Waals surface area contributed by atoms with Crippen LogP contribution >= 0.6 is 0 Å². The summed E-state index contributed by atoms with van der Waals surface area (Å²) in [6, 6.07) is 12.9. The molecule has 0 spiro atoms. The van der Waals surface area contributed by atoms with Gasteiger partial charge in [0.25, 0.3) is 5.91 Å². The second-order valence-electron chi connectivity index (χ2n) is 4.67. The number of carbonyl (C=O) groups is 1. The Balaban J connectivity index is 1.95. The Hall–Kier alpha value is -2.75. The Morgan fingerprint density at radius 2 is 2.00 bits per heavy atom. The van der Waals surface area contributed by atoms with Gasteiger partial charge in [0.2, 0.25) is 0 Å². The first-order valence-corrected chi connectivity index (χ1v) is 6.29. The van der Waals surface area contributed by atoms with E-state index < -0.39 is 0 Å². The minimum absolute atomic E-state index is 0.205.